The van der Waals surface area contributed by atoms with Crippen LogP contribution in [0.1, 0.15) is 18.4 Å². The standard InChI is InChI=1S/C9H11F5O2S/c1-7(6-15)8-2-4-9(5-3-8)16-17(10,11,12,13)14/h2-5,7,15H,6H2,1H3. The van der Waals surface area contributed by atoms with E-state index >= 15 is 0 Å². The highest BCUT2D eigenvalue weighted by Gasteiger charge is 2.67. The number of aliphatic hydroxyl groups is 1. The molecule has 0 aliphatic carbocycles. The highest BCUT2D eigenvalue weighted by atomic mass is 32.5. The van der Waals surface area contributed by atoms with Crippen molar-refractivity contribution >= 4 is 10.5 Å². The van der Waals surface area contributed by atoms with Gasteiger partial charge >= 0.3 is 10.5 Å². The van der Waals surface area contributed by atoms with Gasteiger partial charge in [0.15, 0.2) is 0 Å². The summed E-state index contributed by atoms with van der Waals surface area (Å²) < 4.78 is 62.7. The van der Waals surface area contributed by atoms with Gasteiger partial charge in [-0.05, 0) is 17.7 Å². The van der Waals surface area contributed by atoms with E-state index in [1.807, 2.05) is 0 Å². The van der Waals surface area contributed by atoms with E-state index in [2.05, 4.69) is 4.18 Å². The van der Waals surface area contributed by atoms with Crippen molar-refractivity contribution < 1.29 is 28.7 Å². The van der Waals surface area contributed by atoms with Crippen molar-refractivity contribution in [2.24, 2.45) is 0 Å². The van der Waals surface area contributed by atoms with Crippen LogP contribution in [0.15, 0.2) is 24.3 Å². The van der Waals surface area contributed by atoms with Crippen LogP contribution in [0, 0.1) is 0 Å². The van der Waals surface area contributed by atoms with Gasteiger partial charge < -0.3 is 9.29 Å². The molecule has 0 saturated heterocycles. The summed E-state index contributed by atoms with van der Waals surface area (Å²) >= 11 is 0. The van der Waals surface area contributed by atoms with Gasteiger partial charge in [0.1, 0.15) is 5.75 Å². The lowest BCUT2D eigenvalue weighted by atomic mass is 10.0. The molecule has 0 radical (unpaired) electrons. The summed E-state index contributed by atoms with van der Waals surface area (Å²) in [5, 5.41) is 8.80. The summed E-state index contributed by atoms with van der Waals surface area (Å²) in [5.41, 5.74) is 0.530. The summed E-state index contributed by atoms with van der Waals surface area (Å²) in [6.07, 6.45) is 0. The van der Waals surface area contributed by atoms with Gasteiger partial charge in [-0.25, -0.2) is 0 Å². The number of hydrogen-bond donors (Lipinski definition) is 1. The van der Waals surface area contributed by atoms with Gasteiger partial charge in [-0.1, -0.05) is 38.5 Å². The Bertz CT molecular complexity index is 399. The summed E-state index contributed by atoms with van der Waals surface area (Å²) in [6.45, 7) is 1.45. The Morgan fingerprint density at radius 1 is 1.12 bits per heavy atom. The van der Waals surface area contributed by atoms with Gasteiger partial charge in [0.05, 0.1) is 0 Å². The molecule has 0 fully saturated rings. The van der Waals surface area contributed by atoms with Crippen LogP contribution in [0.5, 0.6) is 5.75 Å². The van der Waals surface area contributed by atoms with Crippen molar-refractivity contribution in [2.45, 2.75) is 12.8 Å². The lowest BCUT2D eigenvalue weighted by Gasteiger charge is -2.39. The monoisotopic (exact) mass is 278 g/mol. The number of rotatable bonds is 4. The summed E-state index contributed by atoms with van der Waals surface area (Å²) in [7, 11) is -9.90. The van der Waals surface area contributed by atoms with E-state index in [0.29, 0.717) is 5.56 Å². The predicted molar refractivity (Wildman–Crippen MR) is 55.7 cm³/mol. The zero-order valence-electron chi connectivity index (χ0n) is 8.75. The van der Waals surface area contributed by atoms with Crippen LogP contribution in [0.2, 0.25) is 0 Å². The van der Waals surface area contributed by atoms with Crippen LogP contribution in [-0.4, -0.2) is 11.7 Å². The topological polar surface area (TPSA) is 29.5 Å². The maximum absolute atomic E-state index is 12.0. The van der Waals surface area contributed by atoms with Crippen LogP contribution in [0.4, 0.5) is 19.4 Å². The predicted octanol–water partition coefficient (Wildman–Crippen LogP) is 4.37. The maximum Gasteiger partial charge on any atom is 0.435 e. The van der Waals surface area contributed by atoms with Gasteiger partial charge in [-0.3, -0.25) is 0 Å². The first kappa shape index (κ1) is 14.0. The molecule has 0 aliphatic heterocycles. The molecule has 0 spiro atoms. The molecule has 1 aromatic carbocycles. The highest BCUT2D eigenvalue weighted by molar-refractivity contribution is 8.42. The second kappa shape index (κ2) is 3.49. The van der Waals surface area contributed by atoms with Crippen molar-refractivity contribution in [3.8, 4) is 5.75 Å². The molecule has 100 valence electrons. The fourth-order valence-corrected chi connectivity index (χ4v) is 1.61. The summed E-state index contributed by atoms with van der Waals surface area (Å²) in [4.78, 5) is 0. The second-order valence-corrected chi connectivity index (χ2v) is 5.60. The van der Waals surface area contributed by atoms with E-state index in [-0.39, 0.29) is 12.5 Å². The zero-order valence-corrected chi connectivity index (χ0v) is 9.56. The molecular formula is C9H11F5O2S. The molecule has 0 saturated carbocycles. The summed E-state index contributed by atoms with van der Waals surface area (Å²) in [6, 6.07) is 3.97. The smallest absolute Gasteiger partial charge is 0.396 e. The fourth-order valence-electron chi connectivity index (χ4n) is 1.14. The first-order valence-electron chi connectivity index (χ1n) is 4.55. The van der Waals surface area contributed by atoms with E-state index < -0.39 is 16.3 Å². The Kier molecular flexibility index (Phi) is 2.88. The molecule has 2 nitrogen and oxygen atoms in total. The van der Waals surface area contributed by atoms with E-state index in [1.54, 1.807) is 6.92 Å². The molecule has 1 rings (SSSR count). The highest BCUT2D eigenvalue weighted by Crippen LogP contribution is 2.97. The van der Waals surface area contributed by atoms with Crippen LogP contribution in [0.3, 0.4) is 0 Å². The third kappa shape index (κ3) is 5.22. The lowest BCUT2D eigenvalue weighted by Crippen LogP contribution is -2.14. The SMILES string of the molecule is CC(CO)c1ccc(OS(F)(F)(F)(F)F)cc1. The molecule has 1 unspecified atom stereocenters. The van der Waals surface area contributed by atoms with Crippen LogP contribution >= 0.6 is 10.5 Å². The lowest BCUT2D eigenvalue weighted by molar-refractivity contribution is 0.243. The molecule has 1 atom stereocenters. The molecule has 0 aromatic heterocycles. The molecule has 0 amide bonds. The maximum atomic E-state index is 12.0. The zero-order chi connectivity index (χ0) is 13.4. The first-order chi connectivity index (χ1) is 7.40. The van der Waals surface area contributed by atoms with Gasteiger partial charge in [-0.2, -0.15) is 0 Å². The number of halogens is 5. The second-order valence-electron chi connectivity index (χ2n) is 3.63. The molecule has 17 heavy (non-hydrogen) atoms. The average molecular weight is 278 g/mol. The number of benzene rings is 1. The van der Waals surface area contributed by atoms with Crippen molar-refractivity contribution in [3.63, 3.8) is 0 Å². The third-order valence-electron chi connectivity index (χ3n) is 1.98. The molecule has 0 aliphatic rings. The van der Waals surface area contributed by atoms with Crippen LogP contribution in [0.25, 0.3) is 0 Å². The number of hydrogen-bond acceptors (Lipinski definition) is 2. The third-order valence-corrected chi connectivity index (χ3v) is 2.48. The molecule has 0 heterocycles. The Hall–Kier alpha value is -1.02. The Balaban J connectivity index is 2.91. The van der Waals surface area contributed by atoms with Crippen molar-refractivity contribution in [1.82, 2.24) is 0 Å². The van der Waals surface area contributed by atoms with Crippen molar-refractivity contribution in [3.05, 3.63) is 29.8 Å². The first-order valence-corrected chi connectivity index (χ1v) is 6.43. The van der Waals surface area contributed by atoms with E-state index in [1.165, 1.54) is 12.1 Å². The van der Waals surface area contributed by atoms with Gasteiger partial charge in [0.2, 0.25) is 0 Å². The fraction of sp³-hybridized carbons (Fsp3) is 0.333. The van der Waals surface area contributed by atoms with Gasteiger partial charge in [0.25, 0.3) is 0 Å². The van der Waals surface area contributed by atoms with E-state index in [0.717, 1.165) is 12.1 Å². The van der Waals surface area contributed by atoms with E-state index in [9.17, 15) is 19.4 Å². The van der Waals surface area contributed by atoms with Crippen LogP contribution in [-0.2, 0) is 0 Å². The van der Waals surface area contributed by atoms with Crippen LogP contribution < -0.4 is 4.18 Å². The molecule has 0 bridgehead atoms. The van der Waals surface area contributed by atoms with Gasteiger partial charge in [0, 0.05) is 12.5 Å². The Morgan fingerprint density at radius 3 is 1.94 bits per heavy atom. The van der Waals surface area contributed by atoms with Gasteiger partial charge in [-0.15, -0.1) is 0 Å². The Labute approximate surface area is 94.9 Å². The average Bonchev–Trinajstić information content (AvgIpc) is 2.13. The largest absolute Gasteiger partial charge is 0.435 e. The number of aliphatic hydroxyl groups excluding tert-OH is 1. The molecule has 8 heteroatoms. The van der Waals surface area contributed by atoms with E-state index in [4.69, 9.17) is 5.11 Å². The van der Waals surface area contributed by atoms with Crippen molar-refractivity contribution in [2.75, 3.05) is 6.61 Å². The molecular weight excluding hydrogens is 267 g/mol. The molecule has 1 N–H and O–H groups in total. The molecule has 1 aromatic rings. The van der Waals surface area contributed by atoms with Crippen molar-refractivity contribution in [1.29, 1.82) is 0 Å². The minimum Gasteiger partial charge on any atom is -0.396 e. The summed E-state index contributed by atoms with van der Waals surface area (Å²) in [5.74, 6) is -1.26. The minimum atomic E-state index is -9.90. The quantitative estimate of drug-likeness (QED) is 0.828. The normalized spacial score (nSPS) is 18.1. The Morgan fingerprint density at radius 2 is 1.59 bits per heavy atom. The minimum absolute atomic E-state index is 0.193.